The summed E-state index contributed by atoms with van der Waals surface area (Å²) in [5, 5.41) is 2.86. The lowest BCUT2D eigenvalue weighted by atomic mass is 9.99. The molecule has 2 atom stereocenters. The van der Waals surface area contributed by atoms with Crippen molar-refractivity contribution in [1.82, 2.24) is 10.0 Å². The average molecular weight is 546 g/mol. The summed E-state index contributed by atoms with van der Waals surface area (Å²) in [5.41, 5.74) is 4.38. The van der Waals surface area contributed by atoms with Crippen molar-refractivity contribution in [3.05, 3.63) is 108 Å². The molecule has 2 amide bonds. The first-order valence-corrected chi connectivity index (χ1v) is 14.6. The number of sulfonamides is 1. The van der Waals surface area contributed by atoms with Crippen molar-refractivity contribution in [3.63, 3.8) is 0 Å². The number of hydrogen-bond acceptors (Lipinski definition) is 4. The van der Waals surface area contributed by atoms with Gasteiger partial charge in [0.25, 0.3) is 0 Å². The van der Waals surface area contributed by atoms with Gasteiger partial charge in [0.15, 0.2) is 0 Å². The first-order valence-electron chi connectivity index (χ1n) is 13.1. The molecule has 0 aliphatic carbocycles. The van der Waals surface area contributed by atoms with Gasteiger partial charge in [0.05, 0.1) is 4.90 Å². The van der Waals surface area contributed by atoms with Crippen molar-refractivity contribution in [2.75, 3.05) is 11.4 Å². The molecular formula is C31H35N3O4S. The Hall–Kier alpha value is -3.75. The Bertz CT molecular complexity index is 1440. The van der Waals surface area contributed by atoms with E-state index in [-0.39, 0.29) is 23.6 Å². The SMILES string of the molecule is C=C(C)C[C@@H](NC(=O)[C@H](Cc1ccccc1)NS(=O)(=O)c1ccc(C)cc1)C(=O)N1CCCc2ccccc21. The zero-order chi connectivity index (χ0) is 28.0. The van der Waals surface area contributed by atoms with Gasteiger partial charge in [0, 0.05) is 12.2 Å². The lowest BCUT2D eigenvalue weighted by Gasteiger charge is -2.33. The maximum absolute atomic E-state index is 13.8. The fraction of sp³-hybridized carbons (Fsp3) is 0.290. The molecule has 204 valence electrons. The number of amides is 2. The van der Waals surface area contributed by atoms with E-state index < -0.39 is 28.0 Å². The number of para-hydroxylation sites is 1. The third kappa shape index (κ3) is 7.22. The van der Waals surface area contributed by atoms with E-state index >= 15 is 0 Å². The Balaban J connectivity index is 1.60. The van der Waals surface area contributed by atoms with Gasteiger partial charge in [-0.2, -0.15) is 4.72 Å². The quantitative estimate of drug-likeness (QED) is 0.371. The molecule has 3 aromatic rings. The third-order valence-corrected chi connectivity index (χ3v) is 8.26. The predicted molar refractivity (Wildman–Crippen MR) is 154 cm³/mol. The molecule has 0 fully saturated rings. The van der Waals surface area contributed by atoms with E-state index in [0.29, 0.717) is 6.54 Å². The molecule has 1 aliphatic rings. The van der Waals surface area contributed by atoms with Crippen molar-refractivity contribution in [2.45, 2.75) is 56.5 Å². The molecule has 0 bridgehead atoms. The van der Waals surface area contributed by atoms with E-state index in [1.54, 1.807) is 24.0 Å². The number of fused-ring (bicyclic) bond motifs is 1. The molecule has 4 rings (SSSR count). The lowest BCUT2D eigenvalue weighted by Crippen LogP contribution is -2.55. The molecule has 0 saturated heterocycles. The number of carbonyl (C=O) groups is 2. The number of rotatable bonds is 10. The topological polar surface area (TPSA) is 95.6 Å². The van der Waals surface area contributed by atoms with Crippen molar-refractivity contribution in [2.24, 2.45) is 0 Å². The molecule has 0 aromatic heterocycles. The van der Waals surface area contributed by atoms with Crippen LogP contribution < -0.4 is 14.9 Å². The number of aryl methyl sites for hydroxylation is 2. The van der Waals surface area contributed by atoms with Crippen LogP contribution in [0.15, 0.2) is 95.9 Å². The van der Waals surface area contributed by atoms with Crippen LogP contribution in [0, 0.1) is 6.92 Å². The molecule has 1 aliphatic heterocycles. The van der Waals surface area contributed by atoms with Crippen LogP contribution >= 0.6 is 0 Å². The Morgan fingerprint density at radius 1 is 0.949 bits per heavy atom. The summed E-state index contributed by atoms with van der Waals surface area (Å²) in [6.45, 7) is 8.18. The highest BCUT2D eigenvalue weighted by molar-refractivity contribution is 7.89. The minimum absolute atomic E-state index is 0.0680. The summed E-state index contributed by atoms with van der Waals surface area (Å²) in [7, 11) is -4.00. The fourth-order valence-corrected chi connectivity index (χ4v) is 5.98. The van der Waals surface area contributed by atoms with E-state index in [1.807, 2.05) is 61.5 Å². The Kier molecular flexibility index (Phi) is 8.99. The van der Waals surface area contributed by atoms with Gasteiger partial charge in [-0.05, 0) is 68.9 Å². The number of hydrogen-bond donors (Lipinski definition) is 2. The van der Waals surface area contributed by atoms with Gasteiger partial charge in [-0.25, -0.2) is 8.42 Å². The molecule has 0 spiro atoms. The minimum atomic E-state index is -4.00. The summed E-state index contributed by atoms with van der Waals surface area (Å²) >= 11 is 0. The van der Waals surface area contributed by atoms with Crippen molar-refractivity contribution in [3.8, 4) is 0 Å². The average Bonchev–Trinajstić information content (AvgIpc) is 2.92. The molecule has 1 heterocycles. The number of nitrogens with zero attached hydrogens (tertiary/aromatic N) is 1. The largest absolute Gasteiger partial charge is 0.343 e. The molecule has 2 N–H and O–H groups in total. The molecule has 7 nitrogen and oxygen atoms in total. The second kappa shape index (κ2) is 12.4. The first-order chi connectivity index (χ1) is 18.6. The van der Waals surface area contributed by atoms with Gasteiger partial charge >= 0.3 is 0 Å². The second-order valence-corrected chi connectivity index (χ2v) is 11.8. The standard InChI is InChI=1S/C31H35N3O4S/c1-22(2)20-28(31(36)34-19-9-13-25-12-7-8-14-29(25)34)32-30(35)27(21-24-10-5-4-6-11-24)33-39(37,38)26-17-15-23(3)16-18-26/h4-8,10-12,14-18,27-28,33H,1,9,13,19-21H2,2-3H3,(H,32,35)/t27-,28+/m0/s1. The maximum Gasteiger partial charge on any atom is 0.249 e. The van der Waals surface area contributed by atoms with Gasteiger partial charge in [-0.15, -0.1) is 6.58 Å². The van der Waals surface area contributed by atoms with Gasteiger partial charge in [-0.3, -0.25) is 9.59 Å². The van der Waals surface area contributed by atoms with Gasteiger partial charge < -0.3 is 10.2 Å². The van der Waals surface area contributed by atoms with Crippen LogP contribution in [-0.4, -0.2) is 38.9 Å². The molecular weight excluding hydrogens is 510 g/mol. The molecule has 8 heteroatoms. The molecule has 0 saturated carbocycles. The summed E-state index contributed by atoms with van der Waals surface area (Å²) in [6.07, 6.45) is 2.07. The first kappa shape index (κ1) is 28.3. The maximum atomic E-state index is 13.8. The third-order valence-electron chi connectivity index (χ3n) is 6.77. The Labute approximate surface area is 231 Å². The molecule has 0 unspecified atom stereocenters. The van der Waals surface area contributed by atoms with E-state index in [9.17, 15) is 18.0 Å². The van der Waals surface area contributed by atoms with Crippen LogP contribution in [0.2, 0.25) is 0 Å². The highest BCUT2D eigenvalue weighted by Gasteiger charge is 2.33. The zero-order valence-corrected chi connectivity index (χ0v) is 23.2. The monoisotopic (exact) mass is 545 g/mol. The van der Waals surface area contributed by atoms with Gasteiger partial charge in [-0.1, -0.05) is 71.8 Å². The normalized spacial score (nSPS) is 14.7. The highest BCUT2D eigenvalue weighted by atomic mass is 32.2. The Morgan fingerprint density at radius 2 is 1.62 bits per heavy atom. The fourth-order valence-electron chi connectivity index (χ4n) is 4.78. The van der Waals surface area contributed by atoms with E-state index in [4.69, 9.17) is 0 Å². The summed E-state index contributed by atoms with van der Waals surface area (Å²) in [6, 6.07) is 21.4. The van der Waals surface area contributed by atoms with Crippen LogP contribution in [0.3, 0.4) is 0 Å². The summed E-state index contributed by atoms with van der Waals surface area (Å²) in [5.74, 6) is -0.808. The van der Waals surface area contributed by atoms with Crippen molar-refractivity contribution >= 4 is 27.5 Å². The van der Waals surface area contributed by atoms with Crippen LogP contribution in [0.25, 0.3) is 0 Å². The van der Waals surface area contributed by atoms with Crippen molar-refractivity contribution in [1.29, 1.82) is 0 Å². The van der Waals surface area contributed by atoms with E-state index in [1.165, 1.54) is 12.1 Å². The van der Waals surface area contributed by atoms with Gasteiger partial charge in [0.2, 0.25) is 21.8 Å². The summed E-state index contributed by atoms with van der Waals surface area (Å²) < 4.78 is 29.1. The van der Waals surface area contributed by atoms with Crippen LogP contribution in [-0.2, 0) is 32.5 Å². The minimum Gasteiger partial charge on any atom is -0.343 e. The van der Waals surface area contributed by atoms with Crippen molar-refractivity contribution < 1.29 is 18.0 Å². The van der Waals surface area contributed by atoms with Crippen LogP contribution in [0.1, 0.15) is 36.5 Å². The second-order valence-electron chi connectivity index (χ2n) is 10.1. The molecule has 3 aromatic carbocycles. The summed E-state index contributed by atoms with van der Waals surface area (Å²) in [4.78, 5) is 29.3. The number of anilines is 1. The number of nitrogens with one attached hydrogen (secondary N) is 2. The number of benzene rings is 3. The molecule has 39 heavy (non-hydrogen) atoms. The zero-order valence-electron chi connectivity index (χ0n) is 22.4. The van der Waals surface area contributed by atoms with Crippen LogP contribution in [0.4, 0.5) is 5.69 Å². The Morgan fingerprint density at radius 3 is 2.31 bits per heavy atom. The lowest BCUT2D eigenvalue weighted by molar-refractivity contribution is -0.128. The van der Waals surface area contributed by atoms with E-state index in [2.05, 4.69) is 16.6 Å². The number of carbonyl (C=O) groups excluding carboxylic acids is 2. The van der Waals surface area contributed by atoms with Crippen LogP contribution in [0.5, 0.6) is 0 Å². The predicted octanol–water partition coefficient (Wildman–Crippen LogP) is 4.32. The van der Waals surface area contributed by atoms with E-state index in [0.717, 1.165) is 40.8 Å². The smallest absolute Gasteiger partial charge is 0.249 e. The van der Waals surface area contributed by atoms with Gasteiger partial charge in [0.1, 0.15) is 12.1 Å². The molecule has 0 radical (unpaired) electrons. The highest BCUT2D eigenvalue weighted by Crippen LogP contribution is 2.28.